The number of benzene rings is 4. The zero-order valence-electron chi connectivity index (χ0n) is 21.1. The van der Waals surface area contributed by atoms with Gasteiger partial charge in [-0.2, -0.15) is 0 Å². The number of halogens is 1. The molecule has 7 N–H and O–H groups in total. The van der Waals surface area contributed by atoms with Crippen molar-refractivity contribution in [2.24, 2.45) is 11.5 Å². The van der Waals surface area contributed by atoms with Crippen LogP contribution >= 0.6 is 0 Å². The number of nitrogens with two attached hydrogens (primary N) is 2. The number of carbonyl (C=O) groups excluding carboxylic acids is 2. The van der Waals surface area contributed by atoms with Crippen molar-refractivity contribution in [1.82, 2.24) is 4.98 Å². The highest BCUT2D eigenvalue weighted by Crippen LogP contribution is 2.40. The molecule has 192 valence electrons. The van der Waals surface area contributed by atoms with Crippen LogP contribution in [-0.4, -0.2) is 22.8 Å². The number of hydrogen-bond donors (Lipinski definition) is 5. The molecule has 0 unspecified atom stereocenters. The number of anilines is 2. The first-order chi connectivity index (χ1) is 18.3. The van der Waals surface area contributed by atoms with Crippen LogP contribution in [0.15, 0.2) is 72.8 Å². The maximum absolute atomic E-state index is 13.3. The molecule has 0 aliphatic carbocycles. The highest BCUT2D eigenvalue weighted by atomic mass is 19.1. The second-order valence-electron chi connectivity index (χ2n) is 9.46. The Balaban J connectivity index is 1.67. The average molecular weight is 510 g/mol. The Morgan fingerprint density at radius 2 is 1.74 bits per heavy atom. The molecule has 0 bridgehead atoms. The van der Waals surface area contributed by atoms with Crippen LogP contribution < -0.4 is 22.1 Å². The molecule has 0 saturated carbocycles. The molecule has 0 aliphatic heterocycles. The van der Waals surface area contributed by atoms with Crippen molar-refractivity contribution < 1.29 is 14.0 Å². The van der Waals surface area contributed by atoms with Crippen LogP contribution in [0.5, 0.6) is 0 Å². The smallest absolute Gasteiger partial charge is 0.255 e. The van der Waals surface area contributed by atoms with Crippen molar-refractivity contribution in [3.8, 4) is 11.1 Å². The molecule has 5 rings (SSSR count). The summed E-state index contributed by atoms with van der Waals surface area (Å²) in [5.41, 5.74) is 18.0. The molecule has 1 aromatic heterocycles. The minimum Gasteiger partial charge on any atom is -0.383 e. The molecular formula is C30H28FN5O2. The van der Waals surface area contributed by atoms with E-state index in [-0.39, 0.29) is 18.5 Å². The van der Waals surface area contributed by atoms with Gasteiger partial charge >= 0.3 is 0 Å². The van der Waals surface area contributed by atoms with Crippen LogP contribution in [-0.2, 0) is 6.54 Å². The monoisotopic (exact) mass is 509 g/mol. The van der Waals surface area contributed by atoms with Gasteiger partial charge < -0.3 is 27.1 Å². The molecule has 1 heterocycles. The lowest BCUT2D eigenvalue weighted by molar-refractivity contribution is 0.0999. The summed E-state index contributed by atoms with van der Waals surface area (Å²) in [5, 5.41) is 8.07. The predicted molar refractivity (Wildman–Crippen MR) is 151 cm³/mol. The summed E-state index contributed by atoms with van der Waals surface area (Å²) < 4.78 is 13.3. The maximum atomic E-state index is 13.3. The Kier molecular flexibility index (Phi) is 6.57. The van der Waals surface area contributed by atoms with Crippen molar-refractivity contribution in [2.45, 2.75) is 26.4 Å². The fourth-order valence-corrected chi connectivity index (χ4v) is 4.84. The van der Waals surface area contributed by atoms with E-state index in [1.54, 1.807) is 12.1 Å². The fraction of sp³-hybridized carbons (Fsp3) is 0.133. The lowest BCUT2D eigenvalue weighted by atomic mass is 9.92. The molecule has 0 radical (unpaired) electrons. The topological polar surface area (TPSA) is 126 Å². The Bertz CT molecular complexity index is 1690. The minimum absolute atomic E-state index is 0.152. The SMILES string of the molecule is CC(C)Nc1ccc2c(c1)[nH]c1c(C(N)=O)ccc(-c3cccc(NC(=O)c4ccc(F)cc4)c3CN)c12. The summed E-state index contributed by atoms with van der Waals surface area (Å²) in [7, 11) is 0. The summed E-state index contributed by atoms with van der Waals surface area (Å²) >= 11 is 0. The molecular weight excluding hydrogens is 481 g/mol. The molecule has 0 saturated heterocycles. The highest BCUT2D eigenvalue weighted by Gasteiger charge is 2.20. The zero-order chi connectivity index (χ0) is 27.0. The second-order valence-corrected chi connectivity index (χ2v) is 9.46. The number of rotatable bonds is 7. The van der Waals surface area contributed by atoms with Gasteiger partial charge in [-0.1, -0.05) is 24.3 Å². The number of primary amides is 1. The number of H-pyrrole nitrogens is 1. The lowest BCUT2D eigenvalue weighted by Crippen LogP contribution is -2.15. The highest BCUT2D eigenvalue weighted by molar-refractivity contribution is 6.20. The summed E-state index contributed by atoms with van der Waals surface area (Å²) in [6.07, 6.45) is 0. The van der Waals surface area contributed by atoms with E-state index in [2.05, 4.69) is 29.5 Å². The van der Waals surface area contributed by atoms with Gasteiger partial charge in [0.15, 0.2) is 0 Å². The van der Waals surface area contributed by atoms with E-state index in [9.17, 15) is 14.0 Å². The standard InChI is InChI=1S/C30H28FN5O2/c1-16(2)34-19-10-11-22-26(14-19)35-28-23(29(33)37)13-12-21(27(22)28)20-4-3-5-25(24(20)15-32)36-30(38)17-6-8-18(31)9-7-17/h3-14,16,34-35H,15,32H2,1-2H3,(H2,33,37)(H,36,38). The summed E-state index contributed by atoms with van der Waals surface area (Å²) in [5.74, 6) is -1.32. The van der Waals surface area contributed by atoms with E-state index in [1.807, 2.05) is 36.4 Å². The van der Waals surface area contributed by atoms with Crippen molar-refractivity contribution in [3.05, 3.63) is 95.3 Å². The van der Waals surface area contributed by atoms with E-state index < -0.39 is 11.7 Å². The maximum Gasteiger partial charge on any atom is 0.255 e. The summed E-state index contributed by atoms with van der Waals surface area (Å²) in [4.78, 5) is 28.6. The third-order valence-electron chi connectivity index (χ3n) is 6.50. The van der Waals surface area contributed by atoms with Gasteiger partial charge in [-0.3, -0.25) is 9.59 Å². The number of fused-ring (bicyclic) bond motifs is 3. The van der Waals surface area contributed by atoms with Crippen molar-refractivity contribution in [1.29, 1.82) is 0 Å². The number of amides is 2. The van der Waals surface area contributed by atoms with Crippen molar-refractivity contribution in [2.75, 3.05) is 10.6 Å². The lowest BCUT2D eigenvalue weighted by Gasteiger charge is -2.16. The molecule has 0 aliphatic rings. The van der Waals surface area contributed by atoms with E-state index >= 15 is 0 Å². The van der Waals surface area contributed by atoms with Gasteiger partial charge in [0.25, 0.3) is 11.8 Å². The molecule has 38 heavy (non-hydrogen) atoms. The first-order valence-corrected chi connectivity index (χ1v) is 12.3. The van der Waals surface area contributed by atoms with Gasteiger partial charge in [-0.25, -0.2) is 4.39 Å². The van der Waals surface area contributed by atoms with Gasteiger partial charge in [0, 0.05) is 45.8 Å². The normalized spacial score (nSPS) is 11.3. The molecule has 7 nitrogen and oxygen atoms in total. The zero-order valence-corrected chi connectivity index (χ0v) is 21.1. The summed E-state index contributed by atoms with van der Waals surface area (Å²) in [6.45, 7) is 4.28. The van der Waals surface area contributed by atoms with Crippen LogP contribution in [0.4, 0.5) is 15.8 Å². The quantitative estimate of drug-likeness (QED) is 0.191. The van der Waals surface area contributed by atoms with Gasteiger partial charge in [0.2, 0.25) is 0 Å². The molecule has 0 atom stereocenters. The Labute approximate surface area is 219 Å². The Morgan fingerprint density at radius 3 is 2.42 bits per heavy atom. The Hall–Kier alpha value is -4.69. The number of aromatic nitrogens is 1. The van der Waals surface area contributed by atoms with E-state index in [1.165, 1.54) is 24.3 Å². The number of carbonyl (C=O) groups is 2. The Morgan fingerprint density at radius 1 is 0.974 bits per heavy atom. The number of hydrogen-bond acceptors (Lipinski definition) is 4. The molecule has 8 heteroatoms. The van der Waals surface area contributed by atoms with Crippen LogP contribution in [0.3, 0.4) is 0 Å². The van der Waals surface area contributed by atoms with Crippen LogP contribution in [0.25, 0.3) is 32.9 Å². The largest absolute Gasteiger partial charge is 0.383 e. The van der Waals surface area contributed by atoms with E-state index in [0.29, 0.717) is 22.3 Å². The molecule has 5 aromatic rings. The predicted octanol–water partition coefficient (Wildman–Crippen LogP) is 5.76. The minimum atomic E-state index is -0.534. The molecule has 0 spiro atoms. The fourth-order valence-electron chi connectivity index (χ4n) is 4.84. The number of aromatic amines is 1. The molecule has 0 fully saturated rings. The van der Waals surface area contributed by atoms with Crippen molar-refractivity contribution in [3.63, 3.8) is 0 Å². The summed E-state index contributed by atoms with van der Waals surface area (Å²) in [6, 6.07) is 20.7. The van der Waals surface area contributed by atoms with Gasteiger partial charge in [-0.15, -0.1) is 0 Å². The van der Waals surface area contributed by atoms with Crippen LogP contribution in [0.2, 0.25) is 0 Å². The van der Waals surface area contributed by atoms with Crippen molar-refractivity contribution >= 4 is 45.0 Å². The van der Waals surface area contributed by atoms with Gasteiger partial charge in [-0.05, 0) is 79.1 Å². The van der Waals surface area contributed by atoms with E-state index in [0.717, 1.165) is 38.7 Å². The second kappa shape index (κ2) is 9.99. The van der Waals surface area contributed by atoms with Gasteiger partial charge in [0.1, 0.15) is 5.82 Å². The first kappa shape index (κ1) is 25.0. The number of nitrogens with one attached hydrogen (secondary N) is 3. The van der Waals surface area contributed by atoms with Gasteiger partial charge in [0.05, 0.1) is 11.1 Å². The van der Waals surface area contributed by atoms with Crippen LogP contribution in [0, 0.1) is 5.82 Å². The van der Waals surface area contributed by atoms with E-state index in [4.69, 9.17) is 11.5 Å². The third-order valence-corrected chi connectivity index (χ3v) is 6.50. The first-order valence-electron chi connectivity index (χ1n) is 12.3. The molecule has 2 amide bonds. The third kappa shape index (κ3) is 4.57. The average Bonchev–Trinajstić information content (AvgIpc) is 3.26. The van der Waals surface area contributed by atoms with Crippen LogP contribution in [0.1, 0.15) is 40.1 Å². The molecule has 4 aromatic carbocycles.